The van der Waals surface area contributed by atoms with Crippen molar-refractivity contribution in [1.29, 1.82) is 0 Å². The standard InChI is InChI=1S/C26H29N3O2S/c1-3-23(20-10-6-4-7-11-20)25(30)28(16-17-31-2)15-14-22-19-32-26-27-24(18-29(22)26)21-12-8-5-9-13-21/h4-13,18-19,23H,3,14-17H2,1-2H3. The molecule has 1 unspecified atom stereocenters. The summed E-state index contributed by atoms with van der Waals surface area (Å²) in [5.74, 6) is 0.0336. The number of aromatic nitrogens is 2. The van der Waals surface area contributed by atoms with E-state index in [0.717, 1.165) is 34.6 Å². The normalized spacial score (nSPS) is 12.2. The fourth-order valence-electron chi connectivity index (χ4n) is 4.00. The first-order chi connectivity index (χ1) is 15.7. The lowest BCUT2D eigenvalue weighted by atomic mass is 9.95. The van der Waals surface area contributed by atoms with Crippen molar-refractivity contribution in [2.45, 2.75) is 25.7 Å². The van der Waals surface area contributed by atoms with Crippen molar-refractivity contribution >= 4 is 22.2 Å². The van der Waals surface area contributed by atoms with Gasteiger partial charge in [0.1, 0.15) is 0 Å². The molecule has 0 aliphatic carbocycles. The Hall–Kier alpha value is -2.96. The van der Waals surface area contributed by atoms with Crippen molar-refractivity contribution in [2.24, 2.45) is 0 Å². The second kappa shape index (κ2) is 10.6. The smallest absolute Gasteiger partial charge is 0.230 e. The van der Waals surface area contributed by atoms with Gasteiger partial charge in [-0.2, -0.15) is 0 Å². The molecule has 0 radical (unpaired) electrons. The van der Waals surface area contributed by atoms with Crippen LogP contribution in [-0.2, 0) is 16.0 Å². The molecular weight excluding hydrogens is 418 g/mol. The number of imidazole rings is 1. The van der Waals surface area contributed by atoms with Crippen molar-refractivity contribution in [3.63, 3.8) is 0 Å². The van der Waals surface area contributed by atoms with Gasteiger partial charge in [0.25, 0.3) is 0 Å². The molecule has 0 saturated heterocycles. The summed E-state index contributed by atoms with van der Waals surface area (Å²) >= 11 is 1.64. The summed E-state index contributed by atoms with van der Waals surface area (Å²) < 4.78 is 7.45. The lowest BCUT2D eigenvalue weighted by molar-refractivity contribution is -0.133. The van der Waals surface area contributed by atoms with Crippen LogP contribution in [0.2, 0.25) is 0 Å². The van der Waals surface area contributed by atoms with Crippen molar-refractivity contribution in [1.82, 2.24) is 14.3 Å². The third-order valence-corrected chi connectivity index (χ3v) is 6.66. The highest BCUT2D eigenvalue weighted by Gasteiger charge is 2.24. The second-order valence-corrected chi connectivity index (χ2v) is 8.65. The molecule has 0 spiro atoms. The summed E-state index contributed by atoms with van der Waals surface area (Å²) in [4.78, 5) is 21.1. The fraction of sp³-hybridized carbons (Fsp3) is 0.308. The first-order valence-electron chi connectivity index (χ1n) is 11.0. The Kier molecular flexibility index (Phi) is 7.35. The van der Waals surface area contributed by atoms with Gasteiger partial charge in [0.2, 0.25) is 5.91 Å². The van der Waals surface area contributed by atoms with Gasteiger partial charge < -0.3 is 9.64 Å². The Morgan fingerprint density at radius 2 is 1.81 bits per heavy atom. The summed E-state index contributed by atoms with van der Waals surface area (Å²) in [6.45, 7) is 3.84. The van der Waals surface area contributed by atoms with Gasteiger partial charge in [-0.15, -0.1) is 11.3 Å². The predicted molar refractivity (Wildman–Crippen MR) is 130 cm³/mol. The Morgan fingerprint density at radius 1 is 1.09 bits per heavy atom. The third-order valence-electron chi connectivity index (χ3n) is 5.78. The Morgan fingerprint density at radius 3 is 2.50 bits per heavy atom. The molecule has 4 aromatic rings. The molecule has 0 aliphatic rings. The van der Waals surface area contributed by atoms with Gasteiger partial charge >= 0.3 is 0 Å². The molecular formula is C26H29N3O2S. The predicted octanol–water partition coefficient (Wildman–Crippen LogP) is 5.27. The van der Waals surface area contributed by atoms with Crippen LogP contribution >= 0.6 is 11.3 Å². The maximum Gasteiger partial charge on any atom is 0.230 e. The van der Waals surface area contributed by atoms with Crippen LogP contribution in [0.25, 0.3) is 16.2 Å². The molecule has 2 aromatic heterocycles. The second-order valence-electron chi connectivity index (χ2n) is 7.81. The summed E-state index contributed by atoms with van der Waals surface area (Å²) in [5, 5.41) is 2.14. The van der Waals surface area contributed by atoms with Crippen LogP contribution in [0.1, 0.15) is 30.5 Å². The summed E-state index contributed by atoms with van der Waals surface area (Å²) in [7, 11) is 1.68. The number of nitrogens with zero attached hydrogens (tertiary/aromatic N) is 3. The third kappa shape index (κ3) is 4.92. The van der Waals surface area contributed by atoms with Gasteiger partial charge in [0.05, 0.1) is 18.2 Å². The molecule has 0 N–H and O–H groups in total. The number of thiazole rings is 1. The number of amides is 1. The molecule has 166 valence electrons. The van der Waals surface area contributed by atoms with Gasteiger partial charge in [-0.25, -0.2) is 4.98 Å². The number of carbonyl (C=O) groups excluding carboxylic acids is 1. The Bertz CT molecular complexity index is 1140. The SMILES string of the molecule is CCC(C(=O)N(CCOC)CCc1csc2nc(-c3ccccc3)cn12)c1ccccc1. The molecule has 6 heteroatoms. The van der Waals surface area contributed by atoms with Crippen molar-refractivity contribution in [3.05, 3.63) is 83.5 Å². The summed E-state index contributed by atoms with van der Waals surface area (Å²) in [6.07, 6.45) is 3.64. The van der Waals surface area contributed by atoms with E-state index in [1.165, 1.54) is 5.69 Å². The van der Waals surface area contributed by atoms with E-state index in [9.17, 15) is 4.79 Å². The van der Waals surface area contributed by atoms with Crippen LogP contribution in [-0.4, -0.2) is 47.0 Å². The number of carbonyl (C=O) groups is 1. The highest BCUT2D eigenvalue weighted by Crippen LogP contribution is 2.25. The van der Waals surface area contributed by atoms with Crippen molar-refractivity contribution in [3.8, 4) is 11.3 Å². The average Bonchev–Trinajstić information content (AvgIpc) is 3.42. The number of benzene rings is 2. The van der Waals surface area contributed by atoms with E-state index in [4.69, 9.17) is 9.72 Å². The molecule has 4 rings (SSSR count). The molecule has 0 aliphatic heterocycles. The molecule has 0 bridgehead atoms. The highest BCUT2D eigenvalue weighted by atomic mass is 32.1. The molecule has 32 heavy (non-hydrogen) atoms. The van der Waals surface area contributed by atoms with E-state index < -0.39 is 0 Å². The topological polar surface area (TPSA) is 46.8 Å². The van der Waals surface area contributed by atoms with E-state index in [1.54, 1.807) is 18.4 Å². The number of hydrogen-bond donors (Lipinski definition) is 0. The lowest BCUT2D eigenvalue weighted by Gasteiger charge is -2.27. The maximum atomic E-state index is 13.4. The van der Waals surface area contributed by atoms with E-state index in [-0.39, 0.29) is 11.8 Å². The average molecular weight is 448 g/mol. The Labute approximate surface area is 193 Å². The molecule has 2 heterocycles. The number of hydrogen-bond acceptors (Lipinski definition) is 4. The van der Waals surface area contributed by atoms with Gasteiger partial charge in [-0.1, -0.05) is 67.6 Å². The van der Waals surface area contributed by atoms with E-state index in [2.05, 4.69) is 35.0 Å². The van der Waals surface area contributed by atoms with E-state index in [0.29, 0.717) is 19.7 Å². The molecule has 2 aromatic carbocycles. The Balaban J connectivity index is 1.51. The number of rotatable bonds is 10. The largest absolute Gasteiger partial charge is 0.383 e. The van der Waals surface area contributed by atoms with Gasteiger partial charge in [-0.3, -0.25) is 9.20 Å². The maximum absolute atomic E-state index is 13.4. The van der Waals surface area contributed by atoms with E-state index in [1.807, 2.05) is 53.4 Å². The zero-order valence-corrected chi connectivity index (χ0v) is 19.4. The molecule has 1 amide bonds. The number of fused-ring (bicyclic) bond motifs is 1. The van der Waals surface area contributed by atoms with Crippen molar-refractivity contribution < 1.29 is 9.53 Å². The van der Waals surface area contributed by atoms with Crippen LogP contribution in [0.3, 0.4) is 0 Å². The van der Waals surface area contributed by atoms with Crippen LogP contribution in [0, 0.1) is 0 Å². The molecule has 0 saturated carbocycles. The lowest BCUT2D eigenvalue weighted by Crippen LogP contribution is -2.39. The zero-order chi connectivity index (χ0) is 22.3. The zero-order valence-electron chi connectivity index (χ0n) is 18.6. The van der Waals surface area contributed by atoms with Crippen LogP contribution in [0.5, 0.6) is 0 Å². The van der Waals surface area contributed by atoms with Crippen LogP contribution in [0.4, 0.5) is 0 Å². The minimum absolute atomic E-state index is 0.131. The molecule has 5 nitrogen and oxygen atoms in total. The first-order valence-corrected chi connectivity index (χ1v) is 11.9. The van der Waals surface area contributed by atoms with E-state index >= 15 is 0 Å². The summed E-state index contributed by atoms with van der Waals surface area (Å²) in [5.41, 5.74) is 4.33. The van der Waals surface area contributed by atoms with Crippen LogP contribution < -0.4 is 0 Å². The van der Waals surface area contributed by atoms with Crippen molar-refractivity contribution in [2.75, 3.05) is 26.8 Å². The fourth-order valence-corrected chi connectivity index (χ4v) is 4.91. The first kappa shape index (κ1) is 22.2. The van der Waals surface area contributed by atoms with Gasteiger partial charge in [-0.05, 0) is 12.0 Å². The number of ether oxygens (including phenoxy) is 1. The number of methoxy groups -OCH3 is 1. The minimum Gasteiger partial charge on any atom is -0.383 e. The van der Waals surface area contributed by atoms with Gasteiger partial charge in [0, 0.05) is 49.5 Å². The van der Waals surface area contributed by atoms with Crippen LogP contribution in [0.15, 0.2) is 72.2 Å². The molecule has 0 fully saturated rings. The summed E-state index contributed by atoms with van der Waals surface area (Å²) in [6, 6.07) is 20.3. The minimum atomic E-state index is -0.131. The monoisotopic (exact) mass is 447 g/mol. The highest BCUT2D eigenvalue weighted by molar-refractivity contribution is 7.15. The molecule has 1 atom stereocenters. The van der Waals surface area contributed by atoms with Gasteiger partial charge in [0.15, 0.2) is 4.96 Å². The quantitative estimate of drug-likeness (QED) is 0.333.